The first-order valence-electron chi connectivity index (χ1n) is 11.0. The Morgan fingerprint density at radius 2 is 1.17 bits per heavy atom. The minimum atomic E-state index is -3.13. The molecular weight excluding hydrogens is 488 g/mol. The molecule has 0 spiro atoms. The first kappa shape index (κ1) is 28.9. The van der Waals surface area contributed by atoms with Crippen LogP contribution in [-0.4, -0.2) is 43.8 Å². The lowest BCUT2D eigenvalue weighted by Gasteiger charge is -2.24. The summed E-state index contributed by atoms with van der Waals surface area (Å²) in [6.45, 7) is -5.43. The van der Waals surface area contributed by atoms with Crippen LogP contribution < -0.4 is 29.6 Å². The van der Waals surface area contributed by atoms with Crippen molar-refractivity contribution in [3.8, 4) is 23.0 Å². The molecule has 0 amide bonds. The fraction of sp³-hybridized carbons (Fsp3) is 0.417. The molecule has 0 aliphatic rings. The third kappa shape index (κ3) is 8.09. The molecule has 0 saturated heterocycles. The number of hydrogen-bond donors (Lipinski definition) is 4. The molecule has 0 fully saturated rings. The second-order valence-corrected chi connectivity index (χ2v) is 7.27. The van der Waals surface area contributed by atoms with Gasteiger partial charge in [0, 0.05) is 43.8 Å². The standard InChI is InChI=1S/C24H30F4N2O6/c1-4-5-6-7-22(33-20-10-18(35-23(25)26)14(12-31)8-16(20)29-2)34-21-11-19(36-24(27)28)15(13-32)9-17(21)30-3/h5-6,8-11,22-24,29-32H,4,7,12-13H2,1-3H3/b6-5-. The Hall–Kier alpha value is -3.38. The number of aliphatic hydroxyl groups is 2. The van der Waals surface area contributed by atoms with E-state index < -0.39 is 32.7 Å². The second-order valence-electron chi connectivity index (χ2n) is 7.27. The van der Waals surface area contributed by atoms with Crippen LogP contribution in [0.3, 0.4) is 0 Å². The van der Waals surface area contributed by atoms with E-state index in [2.05, 4.69) is 20.1 Å². The maximum absolute atomic E-state index is 12.9. The van der Waals surface area contributed by atoms with Crippen molar-refractivity contribution in [2.75, 3.05) is 24.7 Å². The summed E-state index contributed by atoms with van der Waals surface area (Å²) in [5.74, 6) is -0.384. The van der Waals surface area contributed by atoms with Crippen molar-refractivity contribution < 1.29 is 46.7 Å². The molecule has 0 saturated carbocycles. The third-order valence-electron chi connectivity index (χ3n) is 4.88. The topological polar surface area (TPSA) is 101 Å². The van der Waals surface area contributed by atoms with Gasteiger partial charge in [-0.15, -0.1) is 0 Å². The van der Waals surface area contributed by atoms with Crippen molar-refractivity contribution >= 4 is 11.4 Å². The summed E-state index contributed by atoms with van der Waals surface area (Å²) in [7, 11) is 3.15. The van der Waals surface area contributed by atoms with Crippen LogP contribution in [0.15, 0.2) is 36.4 Å². The van der Waals surface area contributed by atoms with Crippen LogP contribution in [0, 0.1) is 0 Å². The molecule has 0 aliphatic heterocycles. The molecule has 0 aliphatic carbocycles. The van der Waals surface area contributed by atoms with Gasteiger partial charge in [0.25, 0.3) is 0 Å². The fourth-order valence-corrected chi connectivity index (χ4v) is 3.23. The normalized spacial score (nSPS) is 11.4. The van der Waals surface area contributed by atoms with Crippen LogP contribution in [0.2, 0.25) is 0 Å². The molecule has 12 heteroatoms. The molecular formula is C24H30F4N2O6. The SMILES string of the molecule is CC/C=C\CC(Oc1cc(OC(F)F)c(CO)cc1NC)Oc1cc(OC(F)F)c(CO)cc1NC. The van der Waals surface area contributed by atoms with Gasteiger partial charge >= 0.3 is 13.2 Å². The highest BCUT2D eigenvalue weighted by molar-refractivity contribution is 5.63. The van der Waals surface area contributed by atoms with Crippen molar-refractivity contribution in [2.45, 2.75) is 52.5 Å². The monoisotopic (exact) mass is 518 g/mol. The maximum atomic E-state index is 12.9. The van der Waals surface area contributed by atoms with Crippen LogP contribution >= 0.6 is 0 Å². The van der Waals surface area contributed by atoms with Gasteiger partial charge in [0.15, 0.2) is 11.5 Å². The second kappa shape index (κ2) is 14.2. The molecule has 2 aromatic carbocycles. The number of allylic oxidation sites excluding steroid dienone is 1. The molecule has 200 valence electrons. The van der Waals surface area contributed by atoms with E-state index in [1.807, 2.05) is 13.0 Å². The van der Waals surface area contributed by atoms with Gasteiger partial charge < -0.3 is 39.8 Å². The predicted octanol–water partition coefficient (Wildman–Crippen LogP) is 5.10. The summed E-state index contributed by atoms with van der Waals surface area (Å²) in [5, 5.41) is 24.8. The lowest BCUT2D eigenvalue weighted by atomic mass is 10.1. The summed E-state index contributed by atoms with van der Waals surface area (Å²) in [6.07, 6.45) is 3.51. The van der Waals surface area contributed by atoms with Crippen molar-refractivity contribution in [1.29, 1.82) is 0 Å². The number of ether oxygens (including phenoxy) is 4. The van der Waals surface area contributed by atoms with Crippen molar-refractivity contribution in [1.82, 2.24) is 0 Å². The van der Waals surface area contributed by atoms with E-state index in [0.29, 0.717) is 11.4 Å². The van der Waals surface area contributed by atoms with Gasteiger partial charge in [-0.05, 0) is 18.6 Å². The lowest BCUT2D eigenvalue weighted by molar-refractivity contribution is -0.0516. The molecule has 0 bridgehead atoms. The van der Waals surface area contributed by atoms with Crippen LogP contribution in [0.5, 0.6) is 23.0 Å². The number of rotatable bonds is 15. The van der Waals surface area contributed by atoms with E-state index in [1.54, 1.807) is 20.2 Å². The smallest absolute Gasteiger partial charge is 0.387 e. The molecule has 0 aromatic heterocycles. The van der Waals surface area contributed by atoms with E-state index in [4.69, 9.17) is 9.47 Å². The van der Waals surface area contributed by atoms with Crippen molar-refractivity contribution in [2.24, 2.45) is 0 Å². The number of benzene rings is 2. The number of aliphatic hydroxyl groups excluding tert-OH is 2. The summed E-state index contributed by atoms with van der Waals surface area (Å²) < 4.78 is 72.6. The van der Waals surface area contributed by atoms with Gasteiger partial charge in [0.1, 0.15) is 11.5 Å². The number of anilines is 2. The Morgan fingerprint density at radius 1 is 0.722 bits per heavy atom. The highest BCUT2D eigenvalue weighted by Gasteiger charge is 2.21. The molecule has 2 rings (SSSR count). The highest BCUT2D eigenvalue weighted by Crippen LogP contribution is 2.38. The molecule has 0 atom stereocenters. The minimum Gasteiger partial charge on any atom is -0.452 e. The summed E-state index contributed by atoms with van der Waals surface area (Å²) >= 11 is 0. The molecule has 2 aromatic rings. The third-order valence-corrected chi connectivity index (χ3v) is 4.88. The number of alkyl halides is 4. The van der Waals surface area contributed by atoms with Gasteiger partial charge in [-0.3, -0.25) is 0 Å². The lowest BCUT2D eigenvalue weighted by Crippen LogP contribution is -2.24. The minimum absolute atomic E-state index is 0.0855. The van der Waals surface area contributed by atoms with Gasteiger partial charge in [-0.1, -0.05) is 19.1 Å². The van der Waals surface area contributed by atoms with Crippen LogP contribution in [0.1, 0.15) is 30.9 Å². The van der Waals surface area contributed by atoms with Crippen molar-refractivity contribution in [3.05, 3.63) is 47.5 Å². The summed E-state index contributed by atoms with van der Waals surface area (Å²) in [4.78, 5) is 0. The zero-order chi connectivity index (χ0) is 26.7. The average molecular weight is 519 g/mol. The quantitative estimate of drug-likeness (QED) is 0.147. The Balaban J connectivity index is 2.48. The van der Waals surface area contributed by atoms with Gasteiger partial charge in [-0.2, -0.15) is 17.6 Å². The summed E-state index contributed by atoms with van der Waals surface area (Å²) in [6, 6.07) is 5.19. The zero-order valence-corrected chi connectivity index (χ0v) is 20.1. The van der Waals surface area contributed by atoms with E-state index >= 15 is 0 Å². The van der Waals surface area contributed by atoms with Gasteiger partial charge in [0.2, 0.25) is 6.29 Å². The van der Waals surface area contributed by atoms with Gasteiger partial charge in [-0.25, -0.2) is 0 Å². The van der Waals surface area contributed by atoms with Crippen LogP contribution in [-0.2, 0) is 13.2 Å². The first-order chi connectivity index (χ1) is 17.3. The average Bonchev–Trinajstić information content (AvgIpc) is 2.83. The Labute approximate surface area is 206 Å². The fourth-order valence-electron chi connectivity index (χ4n) is 3.23. The molecule has 4 N–H and O–H groups in total. The maximum Gasteiger partial charge on any atom is 0.387 e. The molecule has 0 unspecified atom stereocenters. The Kier molecular flexibility index (Phi) is 11.4. The molecule has 0 radical (unpaired) electrons. The van der Waals surface area contributed by atoms with E-state index in [-0.39, 0.29) is 40.5 Å². The Bertz CT molecular complexity index is 936. The predicted molar refractivity (Wildman–Crippen MR) is 126 cm³/mol. The van der Waals surface area contributed by atoms with Gasteiger partial charge in [0.05, 0.1) is 24.6 Å². The van der Waals surface area contributed by atoms with E-state index in [1.165, 1.54) is 24.3 Å². The number of halogens is 4. The van der Waals surface area contributed by atoms with Crippen LogP contribution in [0.4, 0.5) is 28.9 Å². The van der Waals surface area contributed by atoms with E-state index in [9.17, 15) is 27.8 Å². The van der Waals surface area contributed by atoms with E-state index in [0.717, 1.165) is 6.42 Å². The first-order valence-corrected chi connectivity index (χ1v) is 11.0. The van der Waals surface area contributed by atoms with Crippen molar-refractivity contribution in [3.63, 3.8) is 0 Å². The van der Waals surface area contributed by atoms with Crippen LogP contribution in [0.25, 0.3) is 0 Å². The molecule has 0 heterocycles. The summed E-state index contributed by atoms with van der Waals surface area (Å²) in [5.41, 5.74) is 0.947. The number of nitrogens with one attached hydrogen (secondary N) is 2. The molecule has 36 heavy (non-hydrogen) atoms. The number of hydrogen-bond acceptors (Lipinski definition) is 8. The highest BCUT2D eigenvalue weighted by atomic mass is 19.3. The largest absolute Gasteiger partial charge is 0.452 e. The molecule has 8 nitrogen and oxygen atoms in total. The zero-order valence-electron chi connectivity index (χ0n) is 20.1. The Morgan fingerprint density at radius 3 is 1.50 bits per heavy atom.